The van der Waals surface area contributed by atoms with E-state index in [1.807, 2.05) is 20.8 Å². The highest BCUT2D eigenvalue weighted by Crippen LogP contribution is 2.38. The number of carbonyl (C=O) groups excluding carboxylic acids is 1. The zero-order valence-electron chi connectivity index (χ0n) is 15.3. The van der Waals surface area contributed by atoms with Crippen molar-refractivity contribution in [1.82, 2.24) is 0 Å². The van der Waals surface area contributed by atoms with Crippen molar-refractivity contribution in [1.29, 1.82) is 0 Å². The van der Waals surface area contributed by atoms with E-state index in [-0.39, 0.29) is 17.4 Å². The van der Waals surface area contributed by atoms with Crippen LogP contribution in [-0.2, 0) is 14.8 Å². The first-order chi connectivity index (χ1) is 12.7. The smallest absolute Gasteiger partial charge is 0.263 e. The first kappa shape index (κ1) is 19.7. The van der Waals surface area contributed by atoms with Crippen molar-refractivity contribution in [2.75, 3.05) is 22.8 Å². The van der Waals surface area contributed by atoms with Gasteiger partial charge in [-0.1, -0.05) is 12.1 Å². The van der Waals surface area contributed by atoms with Crippen LogP contribution in [0.1, 0.15) is 20.8 Å². The maximum Gasteiger partial charge on any atom is 0.263 e. The van der Waals surface area contributed by atoms with Crippen molar-refractivity contribution >= 4 is 43.2 Å². The van der Waals surface area contributed by atoms with E-state index < -0.39 is 15.4 Å². The third-order valence-electron chi connectivity index (χ3n) is 4.36. The predicted octanol–water partition coefficient (Wildman–Crippen LogP) is 4.02. The first-order valence-electron chi connectivity index (χ1n) is 8.52. The molecule has 2 aromatic carbocycles. The van der Waals surface area contributed by atoms with Gasteiger partial charge in [-0.2, -0.15) is 0 Å². The van der Waals surface area contributed by atoms with Crippen LogP contribution in [0.3, 0.4) is 0 Å². The van der Waals surface area contributed by atoms with Gasteiger partial charge in [0, 0.05) is 11.0 Å². The minimum absolute atomic E-state index is 0.0606. The molecule has 3 rings (SSSR count). The fraction of sp³-hybridized carbons (Fsp3) is 0.316. The number of hydrogen-bond acceptors (Lipinski definition) is 4. The molecule has 27 heavy (non-hydrogen) atoms. The van der Waals surface area contributed by atoms with Crippen LogP contribution in [0.2, 0.25) is 0 Å². The molecule has 1 heterocycles. The minimum Gasteiger partial charge on any atom is -0.490 e. The molecule has 1 aliphatic heterocycles. The van der Waals surface area contributed by atoms with Gasteiger partial charge in [0.15, 0.2) is 0 Å². The molecule has 0 saturated heterocycles. The summed E-state index contributed by atoms with van der Waals surface area (Å²) in [5.74, 6) is 0.495. The number of rotatable bonds is 4. The van der Waals surface area contributed by atoms with E-state index in [0.29, 0.717) is 28.1 Å². The summed E-state index contributed by atoms with van der Waals surface area (Å²) < 4.78 is 34.3. The number of carbonyl (C=O) groups is 1. The lowest BCUT2D eigenvalue weighted by Crippen LogP contribution is -2.42. The maximum atomic E-state index is 12.8. The molecule has 0 radical (unpaired) electrons. The molecule has 1 N–H and O–H groups in total. The second kappa shape index (κ2) is 7.16. The van der Waals surface area contributed by atoms with Crippen molar-refractivity contribution < 1.29 is 17.9 Å². The van der Waals surface area contributed by atoms with Gasteiger partial charge in [-0.15, -0.1) is 0 Å². The summed E-state index contributed by atoms with van der Waals surface area (Å²) in [7, 11) is -3.78. The van der Waals surface area contributed by atoms with Crippen molar-refractivity contribution in [3.63, 3.8) is 0 Å². The lowest BCUT2D eigenvalue weighted by Gasteiger charge is -2.27. The third-order valence-corrected chi connectivity index (χ3v) is 6.75. The molecule has 0 aliphatic carbocycles. The predicted molar refractivity (Wildman–Crippen MR) is 109 cm³/mol. The number of nitrogens with one attached hydrogen (secondary N) is 1. The molecular weight excluding hydrogens is 432 g/mol. The number of halogens is 1. The second-order valence-electron chi connectivity index (χ2n) is 6.94. The number of amides is 1. The van der Waals surface area contributed by atoms with Crippen LogP contribution in [0.4, 0.5) is 11.4 Å². The SMILES string of the molecule is CCN1C(=O)C(C)(C)COc2ccc(NS(=O)(=O)c3ccccc3Br)cc21. The van der Waals surface area contributed by atoms with Crippen molar-refractivity contribution in [3.8, 4) is 5.75 Å². The van der Waals surface area contributed by atoms with Crippen molar-refractivity contribution in [2.24, 2.45) is 5.41 Å². The highest BCUT2D eigenvalue weighted by molar-refractivity contribution is 9.10. The van der Waals surface area contributed by atoms with Crippen molar-refractivity contribution in [2.45, 2.75) is 25.7 Å². The summed E-state index contributed by atoms with van der Waals surface area (Å²) in [5, 5.41) is 0. The number of benzene rings is 2. The normalized spacial score (nSPS) is 16.3. The molecule has 8 heteroatoms. The fourth-order valence-corrected chi connectivity index (χ4v) is 4.95. The number of anilines is 2. The zero-order valence-corrected chi connectivity index (χ0v) is 17.7. The minimum atomic E-state index is -3.78. The van der Waals surface area contributed by atoms with Crippen LogP contribution in [0, 0.1) is 5.41 Å². The molecule has 6 nitrogen and oxygen atoms in total. The van der Waals surface area contributed by atoms with Crippen LogP contribution in [0.5, 0.6) is 5.75 Å². The Labute approximate surface area is 167 Å². The molecule has 0 aromatic heterocycles. The molecule has 2 aromatic rings. The molecule has 144 valence electrons. The maximum absolute atomic E-state index is 12.8. The summed E-state index contributed by atoms with van der Waals surface area (Å²) in [6, 6.07) is 11.5. The van der Waals surface area contributed by atoms with Gasteiger partial charge in [-0.25, -0.2) is 8.42 Å². The second-order valence-corrected chi connectivity index (χ2v) is 9.45. The van der Waals surface area contributed by atoms with Gasteiger partial charge < -0.3 is 9.64 Å². The highest BCUT2D eigenvalue weighted by atomic mass is 79.9. The number of hydrogen-bond donors (Lipinski definition) is 1. The molecule has 0 unspecified atom stereocenters. The molecule has 1 amide bonds. The largest absolute Gasteiger partial charge is 0.490 e. The molecule has 0 fully saturated rings. The van der Waals surface area contributed by atoms with Crippen LogP contribution >= 0.6 is 15.9 Å². The number of sulfonamides is 1. The van der Waals surface area contributed by atoms with Gasteiger partial charge in [0.05, 0.1) is 16.8 Å². The van der Waals surface area contributed by atoms with Gasteiger partial charge in [0.1, 0.15) is 17.3 Å². The summed E-state index contributed by atoms with van der Waals surface area (Å²) >= 11 is 3.26. The first-order valence-corrected chi connectivity index (χ1v) is 10.8. The van der Waals surface area contributed by atoms with E-state index >= 15 is 0 Å². The molecule has 0 saturated carbocycles. The van der Waals surface area contributed by atoms with E-state index in [2.05, 4.69) is 20.7 Å². The van der Waals surface area contributed by atoms with Gasteiger partial charge in [-0.05, 0) is 67.0 Å². The Morgan fingerprint density at radius 3 is 2.59 bits per heavy atom. The summed E-state index contributed by atoms with van der Waals surface area (Å²) in [6.07, 6.45) is 0. The van der Waals surface area contributed by atoms with E-state index in [9.17, 15) is 13.2 Å². The van der Waals surface area contributed by atoms with Gasteiger partial charge in [0.2, 0.25) is 5.91 Å². The summed E-state index contributed by atoms with van der Waals surface area (Å²) in [4.78, 5) is 14.6. The van der Waals surface area contributed by atoms with Gasteiger partial charge in [-0.3, -0.25) is 9.52 Å². The molecule has 0 spiro atoms. The third kappa shape index (κ3) is 3.82. The Balaban J connectivity index is 1.99. The molecular formula is C19H21BrN2O4S. The number of fused-ring (bicyclic) bond motifs is 1. The van der Waals surface area contributed by atoms with Crippen LogP contribution < -0.4 is 14.4 Å². The van der Waals surface area contributed by atoms with Crippen LogP contribution in [0.25, 0.3) is 0 Å². The van der Waals surface area contributed by atoms with E-state index in [0.717, 1.165) is 0 Å². The summed E-state index contributed by atoms with van der Waals surface area (Å²) in [6.45, 7) is 6.26. The number of nitrogens with zero attached hydrogens (tertiary/aromatic N) is 1. The fourth-order valence-electron chi connectivity index (χ4n) is 2.90. The quantitative estimate of drug-likeness (QED) is 0.759. The van der Waals surface area contributed by atoms with E-state index in [1.165, 1.54) is 6.07 Å². The van der Waals surface area contributed by atoms with Gasteiger partial charge >= 0.3 is 0 Å². The molecule has 1 aliphatic rings. The van der Waals surface area contributed by atoms with Crippen LogP contribution in [-0.4, -0.2) is 27.5 Å². The Hall–Kier alpha value is -2.06. The van der Waals surface area contributed by atoms with E-state index in [4.69, 9.17) is 4.74 Å². The van der Waals surface area contributed by atoms with E-state index in [1.54, 1.807) is 41.3 Å². The average molecular weight is 453 g/mol. The monoisotopic (exact) mass is 452 g/mol. The van der Waals surface area contributed by atoms with Gasteiger partial charge in [0.25, 0.3) is 10.0 Å². The Morgan fingerprint density at radius 1 is 1.22 bits per heavy atom. The zero-order chi connectivity index (χ0) is 19.8. The number of ether oxygens (including phenoxy) is 1. The Kier molecular flexibility index (Phi) is 5.22. The average Bonchev–Trinajstić information content (AvgIpc) is 2.70. The highest BCUT2D eigenvalue weighted by Gasteiger charge is 2.37. The molecule has 0 bridgehead atoms. The standard InChI is InChI=1S/C19H21BrN2O4S/c1-4-22-15-11-13(9-10-16(15)26-12-19(2,3)18(22)23)21-27(24,25)17-8-6-5-7-14(17)20/h5-11,21H,4,12H2,1-3H3. The Morgan fingerprint density at radius 2 is 1.93 bits per heavy atom. The summed E-state index contributed by atoms with van der Waals surface area (Å²) in [5.41, 5.74) is 0.253. The lowest BCUT2D eigenvalue weighted by molar-refractivity contribution is -0.127. The Bertz CT molecular complexity index is 989. The lowest BCUT2D eigenvalue weighted by atomic mass is 9.93. The van der Waals surface area contributed by atoms with Crippen LogP contribution in [0.15, 0.2) is 51.8 Å². The topological polar surface area (TPSA) is 75.7 Å². The molecule has 0 atom stereocenters. The van der Waals surface area contributed by atoms with Crippen molar-refractivity contribution in [3.05, 3.63) is 46.9 Å².